The van der Waals surface area contributed by atoms with E-state index in [9.17, 15) is 17.6 Å². The zero-order valence-electron chi connectivity index (χ0n) is 9.72. The van der Waals surface area contributed by atoms with Gasteiger partial charge >= 0.3 is 0 Å². The monoisotopic (exact) mass is 234 g/mol. The van der Waals surface area contributed by atoms with Gasteiger partial charge in [0, 0.05) is 0 Å². The Balaban J connectivity index is 3.40. The van der Waals surface area contributed by atoms with E-state index in [1.807, 2.05) is 20.8 Å². The van der Waals surface area contributed by atoms with Gasteiger partial charge in [-0.2, -0.15) is 0 Å². The van der Waals surface area contributed by atoms with Crippen molar-refractivity contribution in [3.63, 3.8) is 0 Å². The van der Waals surface area contributed by atoms with Crippen LogP contribution in [0.2, 0.25) is 0 Å². The smallest absolute Gasteiger partial charge is 0.197 e. The molecule has 1 aromatic rings. The van der Waals surface area contributed by atoms with Crippen LogP contribution in [0, 0.1) is 35.6 Å². The van der Waals surface area contributed by atoms with E-state index in [-0.39, 0.29) is 23.0 Å². The standard InChI is InChI=1S/C12H14F4/c1-6-7(5-12(2,3)4)9(14)11(16)10(15)8(6)13/h5H2,1-4H3. The van der Waals surface area contributed by atoms with Gasteiger partial charge in [0.1, 0.15) is 0 Å². The summed E-state index contributed by atoms with van der Waals surface area (Å²) in [5, 5.41) is 0. The Bertz CT molecular complexity index is 387. The van der Waals surface area contributed by atoms with Crippen LogP contribution in [0.4, 0.5) is 17.6 Å². The average Bonchev–Trinajstić information content (AvgIpc) is 2.17. The Labute approximate surface area is 92.3 Å². The first-order chi connectivity index (χ1) is 7.15. The lowest BCUT2D eigenvalue weighted by Gasteiger charge is -2.20. The average molecular weight is 234 g/mol. The van der Waals surface area contributed by atoms with E-state index < -0.39 is 23.3 Å². The van der Waals surface area contributed by atoms with E-state index in [0.717, 1.165) is 0 Å². The van der Waals surface area contributed by atoms with E-state index in [4.69, 9.17) is 0 Å². The zero-order valence-corrected chi connectivity index (χ0v) is 9.72. The molecule has 0 bridgehead atoms. The van der Waals surface area contributed by atoms with E-state index >= 15 is 0 Å². The van der Waals surface area contributed by atoms with Crippen LogP contribution in [0.25, 0.3) is 0 Å². The topological polar surface area (TPSA) is 0 Å². The van der Waals surface area contributed by atoms with Crippen molar-refractivity contribution in [2.75, 3.05) is 0 Å². The van der Waals surface area contributed by atoms with Gasteiger partial charge in [-0.3, -0.25) is 0 Å². The molecule has 0 unspecified atom stereocenters. The Morgan fingerprint density at radius 1 is 0.812 bits per heavy atom. The van der Waals surface area contributed by atoms with Crippen LogP contribution in [0.15, 0.2) is 0 Å². The normalized spacial score (nSPS) is 12.0. The van der Waals surface area contributed by atoms with Crippen LogP contribution in [-0.4, -0.2) is 0 Å². The summed E-state index contributed by atoms with van der Waals surface area (Å²) in [6, 6.07) is 0. The Kier molecular flexibility index (Phi) is 3.31. The molecule has 4 heteroatoms. The molecule has 90 valence electrons. The second-order valence-electron chi connectivity index (χ2n) is 5.10. The first-order valence-corrected chi connectivity index (χ1v) is 4.96. The molecule has 0 N–H and O–H groups in total. The summed E-state index contributed by atoms with van der Waals surface area (Å²) >= 11 is 0. The van der Waals surface area contributed by atoms with E-state index in [1.165, 1.54) is 6.92 Å². The number of hydrogen-bond acceptors (Lipinski definition) is 0. The number of benzene rings is 1. The summed E-state index contributed by atoms with van der Waals surface area (Å²) in [7, 11) is 0. The van der Waals surface area contributed by atoms with Gasteiger partial charge in [-0.1, -0.05) is 20.8 Å². The van der Waals surface area contributed by atoms with E-state index in [1.54, 1.807) is 0 Å². The van der Waals surface area contributed by atoms with Crippen molar-refractivity contribution in [3.8, 4) is 0 Å². The maximum atomic E-state index is 13.5. The van der Waals surface area contributed by atoms with E-state index in [2.05, 4.69) is 0 Å². The first-order valence-electron chi connectivity index (χ1n) is 4.96. The summed E-state index contributed by atoms with van der Waals surface area (Å²) < 4.78 is 52.6. The molecule has 0 amide bonds. The largest absolute Gasteiger partial charge is 0.203 e. The van der Waals surface area contributed by atoms with Gasteiger partial charge in [0.15, 0.2) is 23.3 Å². The minimum Gasteiger partial charge on any atom is -0.203 e. The molecule has 0 saturated carbocycles. The molecule has 0 aliphatic rings. The molecule has 0 radical (unpaired) electrons. The van der Waals surface area contributed by atoms with Crippen molar-refractivity contribution in [2.24, 2.45) is 5.41 Å². The third kappa shape index (κ3) is 2.36. The summed E-state index contributed by atoms with van der Waals surface area (Å²) in [6.45, 7) is 6.68. The van der Waals surface area contributed by atoms with Crippen molar-refractivity contribution in [2.45, 2.75) is 34.1 Å². The summed E-state index contributed by atoms with van der Waals surface area (Å²) in [5.41, 5.74) is -0.585. The minimum atomic E-state index is -1.74. The van der Waals surface area contributed by atoms with Crippen LogP contribution in [0.5, 0.6) is 0 Å². The summed E-state index contributed by atoms with van der Waals surface area (Å²) in [5.74, 6) is -6.07. The molecular formula is C12H14F4. The van der Waals surface area contributed by atoms with Crippen molar-refractivity contribution >= 4 is 0 Å². The van der Waals surface area contributed by atoms with Gasteiger partial charge in [-0.25, -0.2) is 17.6 Å². The highest BCUT2D eigenvalue weighted by Gasteiger charge is 2.25. The molecule has 0 aliphatic heterocycles. The molecule has 0 saturated heterocycles. The molecule has 0 atom stereocenters. The summed E-state index contributed by atoms with van der Waals surface area (Å²) in [6.07, 6.45) is 0.152. The number of hydrogen-bond donors (Lipinski definition) is 0. The van der Waals surface area contributed by atoms with E-state index in [0.29, 0.717) is 0 Å². The highest BCUT2D eigenvalue weighted by molar-refractivity contribution is 5.31. The fourth-order valence-corrected chi connectivity index (χ4v) is 1.53. The summed E-state index contributed by atoms with van der Waals surface area (Å²) in [4.78, 5) is 0. The quantitative estimate of drug-likeness (QED) is 0.389. The van der Waals surface area contributed by atoms with Crippen molar-refractivity contribution in [1.29, 1.82) is 0 Å². The SMILES string of the molecule is Cc1c(F)c(F)c(F)c(F)c1CC(C)(C)C. The molecule has 0 aromatic heterocycles. The van der Waals surface area contributed by atoms with Crippen LogP contribution in [-0.2, 0) is 6.42 Å². The predicted molar refractivity (Wildman–Crippen MR) is 54.2 cm³/mol. The zero-order chi connectivity index (χ0) is 12.7. The maximum Gasteiger partial charge on any atom is 0.197 e. The molecule has 0 aliphatic carbocycles. The second kappa shape index (κ2) is 4.07. The van der Waals surface area contributed by atoms with Crippen molar-refractivity contribution in [1.82, 2.24) is 0 Å². The van der Waals surface area contributed by atoms with Gasteiger partial charge in [-0.15, -0.1) is 0 Å². The van der Waals surface area contributed by atoms with Gasteiger partial charge < -0.3 is 0 Å². The Hall–Kier alpha value is -1.06. The fraction of sp³-hybridized carbons (Fsp3) is 0.500. The molecule has 1 aromatic carbocycles. The van der Waals surface area contributed by atoms with Crippen LogP contribution in [0.3, 0.4) is 0 Å². The Morgan fingerprint density at radius 3 is 1.69 bits per heavy atom. The predicted octanol–water partition coefficient (Wildman–Crippen LogP) is 4.14. The lowest BCUT2D eigenvalue weighted by atomic mass is 9.86. The number of halogens is 4. The lowest BCUT2D eigenvalue weighted by Crippen LogP contribution is -2.15. The molecule has 1 rings (SSSR count). The third-order valence-electron chi connectivity index (χ3n) is 2.33. The van der Waals surface area contributed by atoms with Crippen LogP contribution >= 0.6 is 0 Å². The van der Waals surface area contributed by atoms with Gasteiger partial charge in [-0.05, 0) is 29.9 Å². The second-order valence-corrected chi connectivity index (χ2v) is 5.10. The maximum absolute atomic E-state index is 13.5. The van der Waals surface area contributed by atoms with Crippen molar-refractivity contribution < 1.29 is 17.6 Å². The highest BCUT2D eigenvalue weighted by atomic mass is 19.2. The molecule has 0 spiro atoms. The third-order valence-corrected chi connectivity index (χ3v) is 2.33. The Morgan fingerprint density at radius 2 is 1.25 bits per heavy atom. The number of rotatable bonds is 1. The minimum absolute atomic E-state index is 0.0936. The molecule has 0 fully saturated rings. The fourth-order valence-electron chi connectivity index (χ4n) is 1.53. The van der Waals surface area contributed by atoms with Crippen LogP contribution in [0.1, 0.15) is 31.9 Å². The molecule has 16 heavy (non-hydrogen) atoms. The lowest BCUT2D eigenvalue weighted by molar-refractivity contribution is 0.370. The van der Waals surface area contributed by atoms with Gasteiger partial charge in [0.2, 0.25) is 0 Å². The van der Waals surface area contributed by atoms with Crippen molar-refractivity contribution in [3.05, 3.63) is 34.4 Å². The van der Waals surface area contributed by atoms with Gasteiger partial charge in [0.05, 0.1) is 0 Å². The molecule has 0 nitrogen and oxygen atoms in total. The van der Waals surface area contributed by atoms with Crippen LogP contribution < -0.4 is 0 Å². The molecular weight excluding hydrogens is 220 g/mol. The molecule has 0 heterocycles. The highest BCUT2D eigenvalue weighted by Crippen LogP contribution is 2.29. The first kappa shape index (κ1) is 13.0. The van der Waals surface area contributed by atoms with Gasteiger partial charge in [0.25, 0.3) is 0 Å².